The molecule has 34 heavy (non-hydrogen) atoms. The molecule has 2 bridgehead atoms. The number of hydrogen-bond donors (Lipinski definition) is 2. The molecule has 2 saturated heterocycles. The summed E-state index contributed by atoms with van der Waals surface area (Å²) in [5.41, 5.74) is 5.87. The molecule has 0 saturated carbocycles. The van der Waals surface area contributed by atoms with Gasteiger partial charge in [0.05, 0.1) is 5.02 Å². The maximum atomic E-state index is 13.6. The van der Waals surface area contributed by atoms with E-state index in [0.29, 0.717) is 16.3 Å². The van der Waals surface area contributed by atoms with Gasteiger partial charge in [0, 0.05) is 49.2 Å². The Labute approximate surface area is 201 Å². The van der Waals surface area contributed by atoms with Gasteiger partial charge in [-0.05, 0) is 49.2 Å². The van der Waals surface area contributed by atoms with Crippen molar-refractivity contribution in [3.8, 4) is 5.75 Å². The Hall–Kier alpha value is -3.33. The molecule has 180 valence electrons. The first-order valence-corrected chi connectivity index (χ1v) is 11.4. The molecule has 0 spiro atoms. The second-order valence-electron chi connectivity index (χ2n) is 8.41. The average Bonchev–Trinajstić information content (AvgIpc) is 3.08. The summed E-state index contributed by atoms with van der Waals surface area (Å²) in [5, 5.41) is 0.396. The van der Waals surface area contributed by atoms with E-state index in [1.807, 2.05) is 12.1 Å². The fraction of sp³-hybridized carbons (Fsp3) is 0.375. The maximum absolute atomic E-state index is 13.6. The molecule has 0 radical (unpaired) electrons. The Morgan fingerprint density at radius 3 is 2.38 bits per heavy atom. The standard InChI is InChI=1S/C24H25ClFN3O5/c1-14(30)33-13-23(31)27-28-24(32)15-2-5-17(6-3-15)29-18-7-8-19(29)12-20(11-18)34-22-10-16(26)4-9-21(22)25/h2-6,9-10,18-20H,7-8,11-13H2,1H3,(H,27,31)(H,28,32). The highest BCUT2D eigenvalue weighted by molar-refractivity contribution is 6.32. The van der Waals surface area contributed by atoms with Crippen LogP contribution < -0.4 is 20.5 Å². The number of esters is 1. The molecule has 0 aliphatic carbocycles. The van der Waals surface area contributed by atoms with Crippen LogP contribution in [0.3, 0.4) is 0 Å². The molecule has 2 N–H and O–H groups in total. The summed E-state index contributed by atoms with van der Waals surface area (Å²) in [7, 11) is 0. The third kappa shape index (κ3) is 5.59. The van der Waals surface area contributed by atoms with Crippen molar-refractivity contribution in [1.29, 1.82) is 0 Å². The molecular weight excluding hydrogens is 465 g/mol. The molecule has 0 aromatic heterocycles. The van der Waals surface area contributed by atoms with Gasteiger partial charge in [-0.15, -0.1) is 0 Å². The SMILES string of the molecule is CC(=O)OCC(=O)NNC(=O)c1ccc(N2C3CCC2CC(Oc2cc(F)ccc2Cl)C3)cc1. The lowest BCUT2D eigenvalue weighted by Crippen LogP contribution is -2.46. The summed E-state index contributed by atoms with van der Waals surface area (Å²) < 4.78 is 24.2. The first-order valence-electron chi connectivity index (χ1n) is 11.0. The van der Waals surface area contributed by atoms with Crippen LogP contribution in [0.5, 0.6) is 5.75 Å². The third-order valence-electron chi connectivity index (χ3n) is 6.03. The number of halogens is 2. The van der Waals surface area contributed by atoms with Crippen molar-refractivity contribution in [2.24, 2.45) is 0 Å². The summed E-state index contributed by atoms with van der Waals surface area (Å²) in [4.78, 5) is 36.9. The zero-order valence-electron chi connectivity index (χ0n) is 18.6. The summed E-state index contributed by atoms with van der Waals surface area (Å²) in [6.45, 7) is 0.720. The molecule has 2 unspecified atom stereocenters. The summed E-state index contributed by atoms with van der Waals surface area (Å²) in [6.07, 6.45) is 3.59. The molecule has 2 aromatic rings. The fourth-order valence-electron chi connectivity index (χ4n) is 4.58. The van der Waals surface area contributed by atoms with Gasteiger partial charge in [0.2, 0.25) is 0 Å². The van der Waals surface area contributed by atoms with E-state index in [1.54, 1.807) is 12.1 Å². The number of anilines is 1. The maximum Gasteiger partial charge on any atom is 0.303 e. The molecule has 2 aliphatic heterocycles. The normalized spacial score (nSPS) is 21.0. The molecular formula is C24H25ClFN3O5. The van der Waals surface area contributed by atoms with Gasteiger partial charge >= 0.3 is 5.97 Å². The first-order chi connectivity index (χ1) is 16.3. The molecule has 2 atom stereocenters. The molecule has 2 aliphatic rings. The number of amides is 2. The van der Waals surface area contributed by atoms with Gasteiger partial charge in [0.1, 0.15) is 17.7 Å². The highest BCUT2D eigenvalue weighted by Crippen LogP contribution is 2.41. The van der Waals surface area contributed by atoms with Crippen molar-refractivity contribution in [1.82, 2.24) is 10.9 Å². The third-order valence-corrected chi connectivity index (χ3v) is 6.34. The fourth-order valence-corrected chi connectivity index (χ4v) is 4.74. The van der Waals surface area contributed by atoms with Crippen molar-refractivity contribution in [3.05, 3.63) is 58.9 Å². The molecule has 8 nitrogen and oxygen atoms in total. The van der Waals surface area contributed by atoms with Gasteiger partial charge in [-0.3, -0.25) is 25.2 Å². The molecule has 2 aromatic carbocycles. The van der Waals surface area contributed by atoms with E-state index in [2.05, 4.69) is 20.5 Å². The predicted octanol–water partition coefficient (Wildman–Crippen LogP) is 3.38. The first kappa shape index (κ1) is 23.8. The second-order valence-corrected chi connectivity index (χ2v) is 8.81. The number of ether oxygens (including phenoxy) is 2. The van der Waals surface area contributed by atoms with Gasteiger partial charge in [-0.2, -0.15) is 0 Å². The Morgan fingerprint density at radius 1 is 1.06 bits per heavy atom. The van der Waals surface area contributed by atoms with Crippen LogP contribution in [0, 0.1) is 5.82 Å². The zero-order chi connectivity index (χ0) is 24.2. The van der Waals surface area contributed by atoms with Gasteiger partial charge < -0.3 is 14.4 Å². The van der Waals surface area contributed by atoms with E-state index in [1.165, 1.54) is 25.1 Å². The van der Waals surface area contributed by atoms with Crippen molar-refractivity contribution in [2.45, 2.75) is 50.8 Å². The van der Waals surface area contributed by atoms with Crippen LogP contribution in [-0.4, -0.2) is 42.6 Å². The van der Waals surface area contributed by atoms with Crippen LogP contribution in [0.25, 0.3) is 0 Å². The lowest BCUT2D eigenvalue weighted by Gasteiger charge is -2.40. The van der Waals surface area contributed by atoms with Crippen LogP contribution in [0.1, 0.15) is 43.0 Å². The lowest BCUT2D eigenvalue weighted by atomic mass is 9.98. The van der Waals surface area contributed by atoms with Gasteiger partial charge in [-0.1, -0.05) is 11.6 Å². The van der Waals surface area contributed by atoms with Crippen LogP contribution in [-0.2, 0) is 14.3 Å². The van der Waals surface area contributed by atoms with E-state index in [-0.39, 0.29) is 24.0 Å². The number of hydrogen-bond acceptors (Lipinski definition) is 6. The summed E-state index contributed by atoms with van der Waals surface area (Å²) in [5.74, 6) is -1.71. The van der Waals surface area contributed by atoms with Crippen molar-refractivity contribution in [3.63, 3.8) is 0 Å². The number of hydrazine groups is 1. The Kier molecular flexibility index (Phi) is 7.21. The number of nitrogens with zero attached hydrogens (tertiary/aromatic N) is 1. The monoisotopic (exact) mass is 489 g/mol. The minimum Gasteiger partial charge on any atom is -0.489 e. The van der Waals surface area contributed by atoms with Crippen LogP contribution in [0.4, 0.5) is 10.1 Å². The van der Waals surface area contributed by atoms with Gasteiger partial charge in [-0.25, -0.2) is 4.39 Å². The van der Waals surface area contributed by atoms with Crippen molar-refractivity contribution in [2.75, 3.05) is 11.5 Å². The smallest absolute Gasteiger partial charge is 0.303 e. The topological polar surface area (TPSA) is 97.0 Å². The number of nitrogens with one attached hydrogen (secondary N) is 2. The Morgan fingerprint density at radius 2 is 1.74 bits per heavy atom. The number of carbonyl (C=O) groups is 3. The zero-order valence-corrected chi connectivity index (χ0v) is 19.3. The van der Waals surface area contributed by atoms with E-state index >= 15 is 0 Å². The van der Waals surface area contributed by atoms with Gasteiger partial charge in [0.15, 0.2) is 6.61 Å². The molecule has 4 rings (SSSR count). The molecule has 10 heteroatoms. The highest BCUT2D eigenvalue weighted by atomic mass is 35.5. The summed E-state index contributed by atoms with van der Waals surface area (Å²) >= 11 is 6.16. The number of carbonyl (C=O) groups excluding carboxylic acids is 3. The predicted molar refractivity (Wildman–Crippen MR) is 123 cm³/mol. The molecule has 2 amide bonds. The second kappa shape index (κ2) is 10.3. The highest BCUT2D eigenvalue weighted by Gasteiger charge is 2.41. The van der Waals surface area contributed by atoms with E-state index < -0.39 is 24.4 Å². The largest absolute Gasteiger partial charge is 0.489 e. The average molecular weight is 490 g/mol. The number of piperidine rings is 1. The van der Waals surface area contributed by atoms with E-state index in [0.717, 1.165) is 31.4 Å². The van der Waals surface area contributed by atoms with Crippen molar-refractivity contribution < 1.29 is 28.2 Å². The minimum atomic E-state index is -0.638. The Balaban J connectivity index is 1.34. The number of rotatable bonds is 6. The summed E-state index contributed by atoms with van der Waals surface area (Å²) in [6, 6.07) is 11.8. The minimum absolute atomic E-state index is 0.0475. The van der Waals surface area contributed by atoms with E-state index in [4.69, 9.17) is 16.3 Å². The quantitative estimate of drug-likeness (QED) is 0.477. The number of benzene rings is 2. The van der Waals surface area contributed by atoms with Crippen LogP contribution in [0.2, 0.25) is 5.02 Å². The lowest BCUT2D eigenvalue weighted by molar-refractivity contribution is -0.146. The van der Waals surface area contributed by atoms with Crippen LogP contribution in [0.15, 0.2) is 42.5 Å². The van der Waals surface area contributed by atoms with Gasteiger partial charge in [0.25, 0.3) is 11.8 Å². The van der Waals surface area contributed by atoms with Crippen molar-refractivity contribution >= 4 is 35.1 Å². The molecule has 2 fully saturated rings. The van der Waals surface area contributed by atoms with E-state index in [9.17, 15) is 18.8 Å². The molecule has 2 heterocycles. The van der Waals surface area contributed by atoms with Crippen LogP contribution >= 0.6 is 11.6 Å². The number of fused-ring (bicyclic) bond motifs is 2. The Bertz CT molecular complexity index is 1070.